The average Bonchev–Trinajstić information content (AvgIpc) is 3.31. The molecule has 10 nitrogen and oxygen atoms in total. The lowest BCUT2D eigenvalue weighted by Gasteiger charge is -2.46. The molecule has 0 aromatic rings. The maximum absolute atomic E-state index is 9.69. The Kier molecular flexibility index (Phi) is 11.3. The number of aliphatic hydroxyl groups is 3. The number of ether oxygens (including phenoxy) is 7. The minimum absolute atomic E-state index is 0. The SMILES string of the molecule is C.CC1(C)OC[C@@H]2OCC=C[C@H]2O1.CC1(C)OC[C@@H]2OC[C@H](O)[C@H](O)[C@H]2O1.OCC1CCCO1. The average molecular weight is 493 g/mol. The van der Waals surface area contributed by atoms with Gasteiger partial charge in [-0.05, 0) is 40.5 Å². The van der Waals surface area contributed by atoms with Gasteiger partial charge in [0, 0.05) is 6.61 Å². The van der Waals surface area contributed by atoms with Crippen molar-refractivity contribution in [1.29, 1.82) is 0 Å². The van der Waals surface area contributed by atoms with Crippen LogP contribution in [0.25, 0.3) is 0 Å². The number of hydrogen-bond acceptors (Lipinski definition) is 10. The van der Waals surface area contributed by atoms with Crippen molar-refractivity contribution in [3.05, 3.63) is 12.2 Å². The summed E-state index contributed by atoms with van der Waals surface area (Å²) in [5, 5.41) is 27.5. The van der Waals surface area contributed by atoms with Crippen LogP contribution in [0.4, 0.5) is 0 Å². The van der Waals surface area contributed by atoms with Crippen molar-refractivity contribution >= 4 is 0 Å². The van der Waals surface area contributed by atoms with Gasteiger partial charge in [0.05, 0.1) is 39.1 Å². The molecule has 4 fully saturated rings. The standard InChI is InChI=1S/C9H16O5.C9H14O3.C5H10O2.CH4/c1-9(2)13-4-6-8(14-9)7(11)5(10)3-12-6;1-9(2)11-6-8-7(12-9)4-3-5-10-8;6-4-5-2-1-3-7-5;/h5-8,10-11H,3-4H2,1-2H3;3-4,7-8H,5-6H2,1-2H3;5-6H,1-4H2;1H4/t5-,6-,7-,8-;7-,8+;;/m01../s1. The molecule has 1 unspecified atom stereocenters. The minimum atomic E-state index is -0.892. The molecule has 5 aliphatic rings. The van der Waals surface area contributed by atoms with Gasteiger partial charge in [0.1, 0.15) is 36.6 Å². The highest BCUT2D eigenvalue weighted by Gasteiger charge is 2.46. The summed E-state index contributed by atoms with van der Waals surface area (Å²) in [5.74, 6) is -1.19. The Morgan fingerprint density at radius 1 is 0.882 bits per heavy atom. The molecule has 4 saturated heterocycles. The van der Waals surface area contributed by atoms with Crippen molar-refractivity contribution in [3.8, 4) is 0 Å². The van der Waals surface area contributed by atoms with Crippen LogP contribution in [0.3, 0.4) is 0 Å². The third-order valence-corrected chi connectivity index (χ3v) is 5.93. The minimum Gasteiger partial charge on any atom is -0.394 e. The van der Waals surface area contributed by atoms with Crippen LogP contribution >= 0.6 is 0 Å². The van der Waals surface area contributed by atoms with E-state index in [0.717, 1.165) is 19.4 Å². The van der Waals surface area contributed by atoms with Crippen molar-refractivity contribution in [3.63, 3.8) is 0 Å². The number of aliphatic hydroxyl groups excluding tert-OH is 3. The topological polar surface area (TPSA) is 125 Å². The molecule has 5 heterocycles. The molecule has 0 radical (unpaired) electrons. The van der Waals surface area contributed by atoms with E-state index in [1.807, 2.05) is 19.9 Å². The zero-order valence-electron chi connectivity index (χ0n) is 20.1. The van der Waals surface area contributed by atoms with Crippen LogP contribution < -0.4 is 0 Å². The maximum Gasteiger partial charge on any atom is 0.163 e. The van der Waals surface area contributed by atoms with E-state index in [1.165, 1.54) is 0 Å². The first-order valence-electron chi connectivity index (χ1n) is 11.7. The van der Waals surface area contributed by atoms with Crippen molar-refractivity contribution in [2.24, 2.45) is 0 Å². The highest BCUT2D eigenvalue weighted by molar-refractivity contribution is 5.00. The van der Waals surface area contributed by atoms with Gasteiger partial charge in [0.25, 0.3) is 0 Å². The first-order valence-corrected chi connectivity index (χ1v) is 11.7. The summed E-state index contributed by atoms with van der Waals surface area (Å²) in [5.41, 5.74) is 0. The van der Waals surface area contributed by atoms with E-state index < -0.39 is 29.9 Å². The van der Waals surface area contributed by atoms with Crippen LogP contribution in [0.2, 0.25) is 0 Å². The predicted octanol–water partition coefficient (Wildman–Crippen LogP) is 1.15. The fourth-order valence-electron chi connectivity index (χ4n) is 4.07. The first kappa shape index (κ1) is 29.6. The number of rotatable bonds is 1. The Morgan fingerprint density at radius 2 is 1.56 bits per heavy atom. The Labute approximate surface area is 203 Å². The molecule has 0 aromatic carbocycles. The Hall–Kier alpha value is -0.660. The first-order chi connectivity index (χ1) is 15.6. The third kappa shape index (κ3) is 8.48. The van der Waals surface area contributed by atoms with Crippen molar-refractivity contribution in [1.82, 2.24) is 0 Å². The normalized spacial score (nSPS) is 39.7. The van der Waals surface area contributed by atoms with Crippen LogP contribution in [0.15, 0.2) is 12.2 Å². The molecule has 10 heteroatoms. The second kappa shape index (κ2) is 13.0. The van der Waals surface area contributed by atoms with Gasteiger partial charge >= 0.3 is 0 Å². The van der Waals surface area contributed by atoms with Crippen molar-refractivity contribution in [2.75, 3.05) is 39.6 Å². The second-order valence-corrected chi connectivity index (χ2v) is 9.63. The van der Waals surface area contributed by atoms with Crippen LogP contribution in [-0.2, 0) is 33.2 Å². The largest absolute Gasteiger partial charge is 0.394 e. The molecule has 0 aromatic heterocycles. The van der Waals surface area contributed by atoms with Gasteiger partial charge in [-0.25, -0.2) is 0 Å². The van der Waals surface area contributed by atoms with Crippen LogP contribution in [0.5, 0.6) is 0 Å². The summed E-state index contributed by atoms with van der Waals surface area (Å²) >= 11 is 0. The van der Waals surface area contributed by atoms with Crippen LogP contribution in [0, 0.1) is 0 Å². The van der Waals surface area contributed by atoms with Gasteiger partial charge in [-0.1, -0.05) is 19.6 Å². The van der Waals surface area contributed by atoms with E-state index in [2.05, 4.69) is 6.08 Å². The van der Waals surface area contributed by atoms with Gasteiger partial charge in [0.15, 0.2) is 11.6 Å². The molecule has 7 atom stereocenters. The molecule has 3 N–H and O–H groups in total. The molecular weight excluding hydrogens is 448 g/mol. The molecule has 0 aliphatic carbocycles. The molecule has 34 heavy (non-hydrogen) atoms. The zero-order valence-corrected chi connectivity index (χ0v) is 20.1. The van der Waals surface area contributed by atoms with Gasteiger partial charge in [-0.3, -0.25) is 0 Å². The quantitative estimate of drug-likeness (QED) is 0.459. The summed E-state index contributed by atoms with van der Waals surface area (Å²) in [6.07, 6.45) is 3.97. The third-order valence-electron chi connectivity index (χ3n) is 5.93. The number of fused-ring (bicyclic) bond motifs is 2. The molecule has 5 rings (SSSR count). The van der Waals surface area contributed by atoms with Gasteiger partial charge < -0.3 is 48.5 Å². The summed E-state index contributed by atoms with van der Waals surface area (Å²) in [6.45, 7) is 10.3. The van der Waals surface area contributed by atoms with E-state index in [1.54, 1.807) is 13.8 Å². The fourth-order valence-corrected chi connectivity index (χ4v) is 4.07. The predicted molar refractivity (Wildman–Crippen MR) is 123 cm³/mol. The monoisotopic (exact) mass is 492 g/mol. The lowest BCUT2D eigenvalue weighted by Crippen LogP contribution is -2.61. The van der Waals surface area contributed by atoms with Gasteiger partial charge in [-0.15, -0.1) is 0 Å². The second-order valence-electron chi connectivity index (χ2n) is 9.63. The lowest BCUT2D eigenvalue weighted by atomic mass is 9.99. The molecule has 5 aliphatic heterocycles. The Balaban J connectivity index is 0.000000187. The van der Waals surface area contributed by atoms with Crippen molar-refractivity contribution in [2.45, 2.75) is 102 Å². The van der Waals surface area contributed by atoms with Gasteiger partial charge in [0.2, 0.25) is 0 Å². The summed E-state index contributed by atoms with van der Waals surface area (Å²) in [7, 11) is 0. The fraction of sp³-hybridized carbons (Fsp3) is 0.917. The highest BCUT2D eigenvalue weighted by Crippen LogP contribution is 2.30. The van der Waals surface area contributed by atoms with E-state index in [0.29, 0.717) is 19.8 Å². The summed E-state index contributed by atoms with van der Waals surface area (Å²) in [6, 6.07) is 0. The molecule has 200 valence electrons. The van der Waals surface area contributed by atoms with E-state index in [4.69, 9.17) is 38.3 Å². The van der Waals surface area contributed by atoms with Gasteiger partial charge in [-0.2, -0.15) is 0 Å². The van der Waals surface area contributed by atoms with Crippen molar-refractivity contribution < 1.29 is 48.5 Å². The molecule has 0 spiro atoms. The lowest BCUT2D eigenvalue weighted by molar-refractivity contribution is -0.346. The van der Waals surface area contributed by atoms with E-state index in [9.17, 15) is 10.2 Å². The highest BCUT2D eigenvalue weighted by atomic mass is 16.7. The van der Waals surface area contributed by atoms with E-state index >= 15 is 0 Å². The van der Waals surface area contributed by atoms with Crippen LogP contribution in [-0.4, -0.2) is 109 Å². The summed E-state index contributed by atoms with van der Waals surface area (Å²) in [4.78, 5) is 0. The van der Waals surface area contributed by atoms with E-state index in [-0.39, 0.29) is 45.1 Å². The van der Waals surface area contributed by atoms with Crippen LogP contribution in [0.1, 0.15) is 48.0 Å². The molecule has 0 amide bonds. The zero-order chi connectivity index (χ0) is 24.1. The summed E-state index contributed by atoms with van der Waals surface area (Å²) < 4.78 is 37.8. The Morgan fingerprint density at radius 3 is 2.18 bits per heavy atom. The molecule has 0 saturated carbocycles. The number of hydrogen-bond donors (Lipinski definition) is 3. The molecule has 0 bridgehead atoms. The smallest absolute Gasteiger partial charge is 0.163 e. The maximum atomic E-state index is 9.69. The molecular formula is C24H44O10. The Bertz CT molecular complexity index is 617.